The number of carbonyl (C=O) groups excluding carboxylic acids is 2. The number of benzene rings is 3. The van der Waals surface area contributed by atoms with Gasteiger partial charge in [-0.2, -0.15) is 5.26 Å². The molecule has 33 heavy (non-hydrogen) atoms. The van der Waals surface area contributed by atoms with Crippen LogP contribution in [0.2, 0.25) is 5.02 Å². The highest BCUT2D eigenvalue weighted by atomic mass is 35.5. The Balaban J connectivity index is 1.54. The molecule has 0 bridgehead atoms. The van der Waals surface area contributed by atoms with Gasteiger partial charge in [0.15, 0.2) is 6.61 Å². The van der Waals surface area contributed by atoms with E-state index in [-0.39, 0.29) is 24.1 Å². The van der Waals surface area contributed by atoms with Gasteiger partial charge in [-0.1, -0.05) is 54.1 Å². The van der Waals surface area contributed by atoms with Crippen molar-refractivity contribution in [2.45, 2.75) is 13.0 Å². The van der Waals surface area contributed by atoms with Crippen molar-refractivity contribution in [3.05, 3.63) is 101 Å². The summed E-state index contributed by atoms with van der Waals surface area (Å²) in [6.07, 6.45) is 1.48. The van der Waals surface area contributed by atoms with Crippen LogP contribution in [-0.4, -0.2) is 18.4 Å². The summed E-state index contributed by atoms with van der Waals surface area (Å²) in [6.45, 7) is 1.78. The molecule has 0 aliphatic rings. The van der Waals surface area contributed by atoms with Crippen LogP contribution in [-0.2, 0) is 9.59 Å². The highest BCUT2D eigenvalue weighted by Crippen LogP contribution is 2.17. The molecule has 0 saturated heterocycles. The van der Waals surface area contributed by atoms with E-state index < -0.39 is 5.91 Å². The van der Waals surface area contributed by atoms with E-state index in [1.165, 1.54) is 6.08 Å². The van der Waals surface area contributed by atoms with Crippen LogP contribution in [0.5, 0.6) is 5.75 Å². The minimum absolute atomic E-state index is 0.0482. The zero-order valence-electron chi connectivity index (χ0n) is 17.9. The highest BCUT2D eigenvalue weighted by molar-refractivity contribution is 6.30. The summed E-state index contributed by atoms with van der Waals surface area (Å²) in [5.41, 5.74) is 2.14. The van der Waals surface area contributed by atoms with Crippen LogP contribution in [0.4, 0.5) is 5.69 Å². The number of anilines is 1. The number of hydrogen-bond donors (Lipinski definition) is 2. The van der Waals surface area contributed by atoms with E-state index in [1.807, 2.05) is 43.3 Å². The summed E-state index contributed by atoms with van der Waals surface area (Å²) in [4.78, 5) is 24.5. The summed E-state index contributed by atoms with van der Waals surface area (Å²) in [5.74, 6) is -0.260. The molecule has 0 saturated carbocycles. The Morgan fingerprint density at radius 2 is 1.70 bits per heavy atom. The molecule has 166 valence electrons. The highest BCUT2D eigenvalue weighted by Gasteiger charge is 2.11. The third-order valence-corrected chi connectivity index (χ3v) is 4.96. The molecule has 0 radical (unpaired) electrons. The van der Waals surface area contributed by atoms with Gasteiger partial charge in [0.1, 0.15) is 17.4 Å². The molecular weight excluding hydrogens is 438 g/mol. The van der Waals surface area contributed by atoms with Gasteiger partial charge >= 0.3 is 0 Å². The Labute approximate surface area is 197 Å². The second-order valence-corrected chi connectivity index (χ2v) is 7.62. The lowest BCUT2D eigenvalue weighted by Crippen LogP contribution is -2.31. The first-order valence-electron chi connectivity index (χ1n) is 10.2. The van der Waals surface area contributed by atoms with Crippen LogP contribution in [0.1, 0.15) is 24.1 Å². The zero-order valence-corrected chi connectivity index (χ0v) is 18.7. The van der Waals surface area contributed by atoms with Gasteiger partial charge in [0.05, 0.1) is 6.04 Å². The fourth-order valence-electron chi connectivity index (χ4n) is 2.96. The number of rotatable bonds is 8. The van der Waals surface area contributed by atoms with Crippen LogP contribution in [0.3, 0.4) is 0 Å². The summed E-state index contributed by atoms with van der Waals surface area (Å²) in [5, 5.41) is 15.5. The molecule has 3 aromatic rings. The lowest BCUT2D eigenvalue weighted by atomic mass is 10.1. The Hall–Kier alpha value is -4.08. The van der Waals surface area contributed by atoms with Gasteiger partial charge in [0.25, 0.3) is 11.8 Å². The molecule has 0 aromatic heterocycles. The summed E-state index contributed by atoms with van der Waals surface area (Å²) in [7, 11) is 0. The van der Waals surface area contributed by atoms with Crippen LogP contribution >= 0.6 is 11.6 Å². The molecule has 0 aliphatic heterocycles. The first-order valence-corrected chi connectivity index (χ1v) is 10.6. The SMILES string of the molecule is C[C@@H](NC(=O)COc1ccc(/C=C(\C#N)C(=O)Nc2ccc(Cl)cc2)cc1)c1ccccc1. The number of nitrogens with zero attached hydrogens (tertiary/aromatic N) is 1. The van der Waals surface area contributed by atoms with Crippen molar-refractivity contribution in [2.75, 3.05) is 11.9 Å². The van der Waals surface area contributed by atoms with Crippen molar-refractivity contribution in [1.29, 1.82) is 5.26 Å². The topological polar surface area (TPSA) is 91.2 Å². The fourth-order valence-corrected chi connectivity index (χ4v) is 3.09. The molecule has 2 amide bonds. The monoisotopic (exact) mass is 459 g/mol. The van der Waals surface area contributed by atoms with E-state index in [0.717, 1.165) is 5.56 Å². The Morgan fingerprint density at radius 3 is 2.33 bits per heavy atom. The predicted molar refractivity (Wildman–Crippen MR) is 129 cm³/mol. The molecule has 2 N–H and O–H groups in total. The molecule has 0 unspecified atom stereocenters. The molecule has 3 aromatic carbocycles. The van der Waals surface area contributed by atoms with Gasteiger partial charge in [0.2, 0.25) is 0 Å². The van der Waals surface area contributed by atoms with E-state index in [1.54, 1.807) is 48.5 Å². The Bertz CT molecular complexity index is 1170. The third-order valence-electron chi connectivity index (χ3n) is 4.71. The van der Waals surface area contributed by atoms with E-state index in [9.17, 15) is 14.9 Å². The normalized spacial score (nSPS) is 11.7. The van der Waals surface area contributed by atoms with Crippen LogP contribution in [0, 0.1) is 11.3 Å². The number of ether oxygens (including phenoxy) is 1. The summed E-state index contributed by atoms with van der Waals surface area (Å²) in [6, 6.07) is 24.8. The van der Waals surface area contributed by atoms with Crippen molar-refractivity contribution in [3.8, 4) is 11.8 Å². The van der Waals surface area contributed by atoms with Crippen molar-refractivity contribution in [3.63, 3.8) is 0 Å². The lowest BCUT2D eigenvalue weighted by molar-refractivity contribution is -0.123. The van der Waals surface area contributed by atoms with Crippen LogP contribution in [0.15, 0.2) is 84.4 Å². The zero-order chi connectivity index (χ0) is 23.6. The third kappa shape index (κ3) is 7.23. The molecule has 1 atom stereocenters. The van der Waals surface area contributed by atoms with Crippen molar-refractivity contribution < 1.29 is 14.3 Å². The van der Waals surface area contributed by atoms with Crippen LogP contribution < -0.4 is 15.4 Å². The molecule has 6 nitrogen and oxygen atoms in total. The quantitative estimate of drug-likeness (QED) is 0.360. The van der Waals surface area contributed by atoms with Gasteiger partial charge in [-0.25, -0.2) is 0 Å². The number of hydrogen-bond acceptors (Lipinski definition) is 4. The second-order valence-electron chi connectivity index (χ2n) is 7.19. The largest absolute Gasteiger partial charge is 0.484 e. The molecular formula is C26H22ClN3O3. The first-order chi connectivity index (χ1) is 15.9. The van der Waals surface area contributed by atoms with E-state index in [2.05, 4.69) is 10.6 Å². The number of amides is 2. The average molecular weight is 460 g/mol. The minimum atomic E-state index is -0.524. The first kappa shape index (κ1) is 23.6. The number of halogens is 1. The van der Waals surface area contributed by atoms with Crippen molar-refractivity contribution >= 4 is 35.2 Å². The van der Waals surface area contributed by atoms with Gasteiger partial charge in [-0.15, -0.1) is 0 Å². The van der Waals surface area contributed by atoms with Gasteiger partial charge in [-0.05, 0) is 60.5 Å². The number of nitrogens with one attached hydrogen (secondary N) is 2. The minimum Gasteiger partial charge on any atom is -0.484 e. The van der Waals surface area contributed by atoms with Crippen molar-refractivity contribution in [2.24, 2.45) is 0 Å². The standard InChI is InChI=1S/C26H22ClN3O3/c1-18(20-5-3-2-4-6-20)29-25(31)17-33-24-13-7-19(8-14-24)15-21(16-28)26(32)30-23-11-9-22(27)10-12-23/h2-15,18H,17H2,1H3,(H,29,31)(H,30,32)/b21-15+/t18-/m1/s1. The number of carbonyl (C=O) groups is 2. The molecule has 0 heterocycles. The summed E-state index contributed by atoms with van der Waals surface area (Å²) < 4.78 is 5.54. The average Bonchev–Trinajstić information content (AvgIpc) is 2.83. The maximum absolute atomic E-state index is 12.4. The predicted octanol–water partition coefficient (Wildman–Crippen LogP) is 5.14. The smallest absolute Gasteiger partial charge is 0.266 e. The van der Waals surface area contributed by atoms with Gasteiger partial charge in [-0.3, -0.25) is 9.59 Å². The molecule has 0 fully saturated rings. The Kier molecular flexibility index (Phi) is 8.23. The molecule has 3 rings (SSSR count). The summed E-state index contributed by atoms with van der Waals surface area (Å²) >= 11 is 5.84. The van der Waals surface area contributed by atoms with Gasteiger partial charge in [0, 0.05) is 10.7 Å². The molecule has 0 spiro atoms. The van der Waals surface area contributed by atoms with E-state index >= 15 is 0 Å². The maximum Gasteiger partial charge on any atom is 0.266 e. The maximum atomic E-state index is 12.4. The lowest BCUT2D eigenvalue weighted by Gasteiger charge is -2.14. The van der Waals surface area contributed by atoms with Gasteiger partial charge < -0.3 is 15.4 Å². The molecule has 7 heteroatoms. The fraction of sp³-hybridized carbons (Fsp3) is 0.115. The Morgan fingerprint density at radius 1 is 1.03 bits per heavy atom. The van der Waals surface area contributed by atoms with E-state index in [4.69, 9.17) is 16.3 Å². The molecule has 0 aliphatic carbocycles. The van der Waals surface area contributed by atoms with E-state index in [0.29, 0.717) is 22.0 Å². The van der Waals surface area contributed by atoms with Crippen LogP contribution in [0.25, 0.3) is 6.08 Å². The second kappa shape index (κ2) is 11.5. The van der Waals surface area contributed by atoms with Crippen molar-refractivity contribution in [1.82, 2.24) is 5.32 Å². The number of nitriles is 1.